The number of aliphatic hydroxyl groups is 2. The van der Waals surface area contributed by atoms with E-state index in [9.17, 15) is 40.9 Å². The Morgan fingerprint density at radius 1 is 0.634 bits per heavy atom. The van der Waals surface area contributed by atoms with Crippen molar-refractivity contribution in [2.24, 2.45) is 0 Å². The van der Waals surface area contributed by atoms with Gasteiger partial charge in [-0.15, -0.1) is 0 Å². The SMILES string of the molecule is Cc1cc(O)c(C2c3c(O)cccc3OC(c3ccc(O)c(O)c3)C2O)c2c1CC(O)C(c1ccc(O)c(O)c1)O2. The molecule has 10 heteroatoms. The quantitative estimate of drug-likeness (QED) is 0.171. The van der Waals surface area contributed by atoms with E-state index >= 15 is 0 Å². The minimum absolute atomic E-state index is 0.114. The minimum Gasteiger partial charge on any atom is -0.508 e. The average molecular weight is 561 g/mol. The second-order valence-corrected chi connectivity index (χ2v) is 10.4. The van der Waals surface area contributed by atoms with Crippen LogP contribution in [0.1, 0.15) is 51.5 Å². The van der Waals surface area contributed by atoms with Gasteiger partial charge in [-0.3, -0.25) is 0 Å². The van der Waals surface area contributed by atoms with Crippen molar-refractivity contribution >= 4 is 0 Å². The number of benzene rings is 4. The summed E-state index contributed by atoms with van der Waals surface area (Å²) in [6.07, 6.45) is -4.45. The number of aliphatic hydroxyl groups excluding tert-OH is 2. The maximum absolute atomic E-state index is 11.8. The zero-order valence-electron chi connectivity index (χ0n) is 21.8. The third-order valence-electron chi connectivity index (χ3n) is 7.86. The van der Waals surface area contributed by atoms with Crippen LogP contribution in [0.2, 0.25) is 0 Å². The lowest BCUT2D eigenvalue weighted by molar-refractivity contribution is 0.00148. The second kappa shape index (κ2) is 9.69. The van der Waals surface area contributed by atoms with Crippen molar-refractivity contribution in [3.8, 4) is 46.0 Å². The lowest BCUT2D eigenvalue weighted by Gasteiger charge is -2.40. The molecule has 5 unspecified atom stereocenters. The highest BCUT2D eigenvalue weighted by molar-refractivity contribution is 5.63. The molecule has 0 spiro atoms. The summed E-state index contributed by atoms with van der Waals surface area (Å²) < 4.78 is 12.4. The number of aromatic hydroxyl groups is 6. The molecule has 6 rings (SSSR count). The van der Waals surface area contributed by atoms with Gasteiger partial charge >= 0.3 is 0 Å². The summed E-state index contributed by atoms with van der Waals surface area (Å²) in [4.78, 5) is 0. The summed E-state index contributed by atoms with van der Waals surface area (Å²) in [7, 11) is 0. The number of rotatable bonds is 3. The molecule has 0 aliphatic carbocycles. The molecule has 0 aromatic heterocycles. The molecule has 2 heterocycles. The van der Waals surface area contributed by atoms with Gasteiger partial charge in [-0.25, -0.2) is 0 Å². The van der Waals surface area contributed by atoms with Crippen molar-refractivity contribution in [1.82, 2.24) is 0 Å². The average Bonchev–Trinajstić information content (AvgIpc) is 2.93. The van der Waals surface area contributed by atoms with Crippen molar-refractivity contribution in [1.29, 1.82) is 0 Å². The van der Waals surface area contributed by atoms with Gasteiger partial charge in [0.15, 0.2) is 29.1 Å². The monoisotopic (exact) mass is 560 g/mol. The molecule has 5 atom stereocenters. The van der Waals surface area contributed by atoms with Crippen LogP contribution >= 0.6 is 0 Å². The van der Waals surface area contributed by atoms with Crippen molar-refractivity contribution < 1.29 is 50.3 Å². The topological polar surface area (TPSA) is 180 Å². The van der Waals surface area contributed by atoms with Gasteiger partial charge in [0.1, 0.15) is 35.2 Å². The molecular formula is C31H28O10. The third kappa shape index (κ3) is 4.28. The molecule has 2 aliphatic rings. The van der Waals surface area contributed by atoms with Gasteiger partial charge < -0.3 is 50.3 Å². The second-order valence-electron chi connectivity index (χ2n) is 10.4. The zero-order valence-corrected chi connectivity index (χ0v) is 21.8. The van der Waals surface area contributed by atoms with E-state index in [1.54, 1.807) is 19.1 Å². The highest BCUT2D eigenvalue weighted by atomic mass is 16.5. The van der Waals surface area contributed by atoms with Gasteiger partial charge in [0.05, 0.1) is 12.0 Å². The molecule has 41 heavy (non-hydrogen) atoms. The van der Waals surface area contributed by atoms with E-state index in [2.05, 4.69) is 0 Å². The van der Waals surface area contributed by atoms with Crippen LogP contribution < -0.4 is 9.47 Å². The lowest BCUT2D eigenvalue weighted by Crippen LogP contribution is -2.37. The first-order valence-corrected chi connectivity index (χ1v) is 13.0. The Bertz CT molecular complexity index is 1670. The van der Waals surface area contributed by atoms with Crippen LogP contribution in [-0.2, 0) is 6.42 Å². The molecular weight excluding hydrogens is 532 g/mol. The fourth-order valence-electron chi connectivity index (χ4n) is 5.84. The first-order valence-electron chi connectivity index (χ1n) is 13.0. The van der Waals surface area contributed by atoms with Gasteiger partial charge in [0.25, 0.3) is 0 Å². The first-order chi connectivity index (χ1) is 19.5. The summed E-state index contributed by atoms with van der Waals surface area (Å²) in [5.74, 6) is -2.59. The molecule has 10 nitrogen and oxygen atoms in total. The Hall–Kier alpha value is -4.80. The maximum Gasteiger partial charge on any atom is 0.157 e. The normalized spacial score (nSPS) is 23.1. The van der Waals surface area contributed by atoms with Crippen molar-refractivity contribution in [3.63, 3.8) is 0 Å². The zero-order chi connectivity index (χ0) is 29.2. The molecule has 8 N–H and O–H groups in total. The van der Waals surface area contributed by atoms with Gasteiger partial charge in [-0.1, -0.05) is 18.2 Å². The highest BCUT2D eigenvalue weighted by Crippen LogP contribution is 2.55. The van der Waals surface area contributed by atoms with E-state index in [-0.39, 0.29) is 52.0 Å². The van der Waals surface area contributed by atoms with E-state index in [0.29, 0.717) is 22.3 Å². The summed E-state index contributed by atoms with van der Waals surface area (Å²) in [6, 6.07) is 14.2. The Balaban J connectivity index is 1.54. The highest BCUT2D eigenvalue weighted by Gasteiger charge is 2.45. The molecule has 0 saturated carbocycles. The number of aryl methyl sites for hydroxylation is 1. The molecule has 2 aliphatic heterocycles. The number of hydrogen-bond donors (Lipinski definition) is 8. The Morgan fingerprint density at radius 3 is 1.90 bits per heavy atom. The number of fused-ring (bicyclic) bond motifs is 2. The number of hydrogen-bond acceptors (Lipinski definition) is 10. The van der Waals surface area contributed by atoms with Crippen LogP contribution in [0, 0.1) is 6.92 Å². The first kappa shape index (κ1) is 26.4. The summed E-state index contributed by atoms with van der Waals surface area (Å²) in [5.41, 5.74) is 2.27. The molecule has 212 valence electrons. The van der Waals surface area contributed by atoms with E-state index in [0.717, 1.165) is 0 Å². The molecule has 4 aromatic rings. The van der Waals surface area contributed by atoms with Crippen molar-refractivity contribution in [2.45, 2.75) is 43.7 Å². The van der Waals surface area contributed by atoms with Crippen LogP contribution in [0.25, 0.3) is 0 Å². The van der Waals surface area contributed by atoms with Crippen molar-refractivity contribution in [2.75, 3.05) is 0 Å². The fraction of sp³-hybridized carbons (Fsp3) is 0.226. The predicted molar refractivity (Wildman–Crippen MR) is 145 cm³/mol. The van der Waals surface area contributed by atoms with E-state index in [4.69, 9.17) is 9.47 Å². The van der Waals surface area contributed by atoms with E-state index in [1.807, 2.05) is 0 Å². The number of ether oxygens (including phenoxy) is 2. The minimum atomic E-state index is -1.43. The smallest absolute Gasteiger partial charge is 0.157 e. The maximum atomic E-state index is 11.8. The lowest BCUT2D eigenvalue weighted by atomic mass is 9.77. The molecule has 4 aromatic carbocycles. The molecule has 0 amide bonds. The summed E-state index contributed by atoms with van der Waals surface area (Å²) in [6.45, 7) is 1.75. The van der Waals surface area contributed by atoms with E-state index < -0.39 is 41.8 Å². The predicted octanol–water partition coefficient (Wildman–Crippen LogP) is 3.89. The van der Waals surface area contributed by atoms with E-state index in [1.165, 1.54) is 48.5 Å². The van der Waals surface area contributed by atoms with Crippen LogP contribution in [0.5, 0.6) is 46.0 Å². The Kier molecular flexibility index (Phi) is 6.24. The molecule has 0 fully saturated rings. The summed E-state index contributed by atoms with van der Waals surface area (Å²) in [5, 5.41) is 84.9. The van der Waals surface area contributed by atoms with Gasteiger partial charge in [0.2, 0.25) is 0 Å². The fourth-order valence-corrected chi connectivity index (χ4v) is 5.84. The largest absolute Gasteiger partial charge is 0.508 e. The molecule has 0 saturated heterocycles. The molecule has 0 radical (unpaired) electrons. The Labute approximate surface area is 234 Å². The molecule has 0 bridgehead atoms. The number of phenolic OH excluding ortho intramolecular Hbond substituents is 6. The standard InChI is InChI=1S/C31H28O10/c1-13-9-22(37)26(31-16(13)12-23(38)29(41-31)14-5-7-17(32)20(35)10-14)27-25-19(34)3-2-4-24(25)40-30(28(27)39)15-6-8-18(33)21(36)11-15/h2-11,23,27-30,32-39H,12H2,1H3. The van der Waals surface area contributed by atoms with Crippen LogP contribution in [0.4, 0.5) is 0 Å². The van der Waals surface area contributed by atoms with Gasteiger partial charge in [-0.2, -0.15) is 0 Å². The van der Waals surface area contributed by atoms with Gasteiger partial charge in [0, 0.05) is 23.1 Å². The third-order valence-corrected chi connectivity index (χ3v) is 7.86. The van der Waals surface area contributed by atoms with Gasteiger partial charge in [-0.05, 0) is 66.1 Å². The van der Waals surface area contributed by atoms with Crippen LogP contribution in [0.15, 0.2) is 60.7 Å². The number of phenols is 6. The summed E-state index contributed by atoms with van der Waals surface area (Å²) >= 11 is 0. The van der Waals surface area contributed by atoms with Crippen LogP contribution in [-0.4, -0.2) is 53.1 Å². The van der Waals surface area contributed by atoms with Crippen LogP contribution in [0.3, 0.4) is 0 Å². The Morgan fingerprint density at radius 2 is 1.27 bits per heavy atom. The van der Waals surface area contributed by atoms with Crippen molar-refractivity contribution in [3.05, 3.63) is 94.0 Å².